The molecule has 0 saturated heterocycles. The number of rotatable bonds is 1. The van der Waals surface area contributed by atoms with Gasteiger partial charge in [0.1, 0.15) is 0 Å². The molecule has 0 unspecified atom stereocenters. The van der Waals surface area contributed by atoms with Crippen LogP contribution in [0.2, 0.25) is 0 Å². The van der Waals surface area contributed by atoms with Crippen LogP contribution < -0.4 is 4.57 Å². The predicted molar refractivity (Wildman–Crippen MR) is 37.0 cm³/mol. The summed E-state index contributed by atoms with van der Waals surface area (Å²) in [5, 5.41) is 0. The normalized spacial score (nSPS) is 9.56. The van der Waals surface area contributed by atoms with Crippen LogP contribution in [0.15, 0.2) is 17.1 Å². The molecule has 0 aliphatic heterocycles. The molecule has 0 spiro atoms. The van der Waals surface area contributed by atoms with Crippen molar-refractivity contribution in [3.63, 3.8) is 0 Å². The number of aromatic nitrogens is 2. The summed E-state index contributed by atoms with van der Waals surface area (Å²) in [4.78, 5) is 0. The molecule has 1 aromatic rings. The minimum absolute atomic E-state index is 0.895. The second-order valence-corrected chi connectivity index (χ2v) is 2.16. The summed E-state index contributed by atoms with van der Waals surface area (Å²) in [5.74, 6) is 0.895. The van der Waals surface area contributed by atoms with Crippen molar-refractivity contribution in [1.82, 2.24) is 4.57 Å². The van der Waals surface area contributed by atoms with Gasteiger partial charge in [-0.15, -0.1) is 0 Å². The zero-order chi connectivity index (χ0) is 6.85. The predicted octanol–water partition coefficient (Wildman–Crippen LogP) is 0.807. The van der Waals surface area contributed by atoms with Crippen LogP contribution in [0.25, 0.3) is 0 Å². The van der Waals surface area contributed by atoms with Gasteiger partial charge in [-0.3, -0.25) is 0 Å². The molecule has 1 heterocycles. The molecule has 0 saturated carbocycles. The van der Waals surface area contributed by atoms with Crippen LogP contribution in [0.1, 0.15) is 0 Å². The molecule has 0 aliphatic rings. The van der Waals surface area contributed by atoms with Crippen LogP contribution >= 0.6 is 9.03 Å². The Morgan fingerprint density at radius 1 is 1.78 bits per heavy atom. The van der Waals surface area contributed by atoms with Crippen molar-refractivity contribution < 1.29 is 4.57 Å². The van der Waals surface area contributed by atoms with Crippen molar-refractivity contribution in [2.24, 2.45) is 18.8 Å². The van der Waals surface area contributed by atoms with Gasteiger partial charge in [0.2, 0.25) is 0 Å². The molecule has 48 valence electrons. The van der Waals surface area contributed by atoms with Gasteiger partial charge >= 0.3 is 5.95 Å². The van der Waals surface area contributed by atoms with Crippen molar-refractivity contribution in [1.29, 1.82) is 0 Å². The van der Waals surface area contributed by atoms with Gasteiger partial charge in [-0.25, -0.2) is 9.13 Å². The van der Waals surface area contributed by atoms with E-state index in [1.54, 1.807) is 0 Å². The largest absolute Gasteiger partial charge is 0.401 e. The van der Waals surface area contributed by atoms with Gasteiger partial charge in [-0.2, -0.15) is 0 Å². The maximum Gasteiger partial charge on any atom is 0.401 e. The SMILES string of the molecule is Cn1cc[n+](C)c1N=P. The third-order valence-electron chi connectivity index (χ3n) is 1.24. The molecule has 1 rings (SSSR count). The van der Waals surface area contributed by atoms with Gasteiger partial charge in [-0.1, -0.05) is 4.74 Å². The van der Waals surface area contributed by atoms with Gasteiger partial charge in [0.25, 0.3) is 0 Å². The first-order valence-electron chi connectivity index (χ1n) is 2.64. The Hall–Kier alpha value is -0.690. The highest BCUT2D eigenvalue weighted by Crippen LogP contribution is 2.03. The summed E-state index contributed by atoms with van der Waals surface area (Å²) in [5.41, 5.74) is 0. The Bertz CT molecular complexity index is 209. The van der Waals surface area contributed by atoms with Crippen molar-refractivity contribution in [3.8, 4) is 0 Å². The fourth-order valence-electron chi connectivity index (χ4n) is 0.740. The average molecular weight is 142 g/mol. The quantitative estimate of drug-likeness (QED) is 0.408. The summed E-state index contributed by atoms with van der Waals surface area (Å²) < 4.78 is 7.71. The first-order valence-corrected chi connectivity index (χ1v) is 3.09. The summed E-state index contributed by atoms with van der Waals surface area (Å²) in [7, 11) is 6.95. The van der Waals surface area contributed by atoms with E-state index in [9.17, 15) is 0 Å². The lowest BCUT2D eigenvalue weighted by Crippen LogP contribution is -2.24. The van der Waals surface area contributed by atoms with E-state index in [0.717, 1.165) is 5.95 Å². The number of hydrogen-bond donors (Lipinski definition) is 0. The summed E-state index contributed by atoms with van der Waals surface area (Å²) in [6.45, 7) is 0. The van der Waals surface area contributed by atoms with Crippen LogP contribution in [-0.2, 0) is 14.1 Å². The Morgan fingerprint density at radius 2 is 2.44 bits per heavy atom. The summed E-state index contributed by atoms with van der Waals surface area (Å²) in [6.07, 6.45) is 3.89. The monoisotopic (exact) mass is 142 g/mol. The third-order valence-corrected chi connectivity index (χ3v) is 1.44. The van der Waals surface area contributed by atoms with E-state index in [1.807, 2.05) is 35.6 Å². The van der Waals surface area contributed by atoms with Crippen molar-refractivity contribution >= 4 is 15.0 Å². The molecule has 0 aliphatic carbocycles. The molecule has 0 radical (unpaired) electrons. The minimum Gasteiger partial charge on any atom is -0.235 e. The highest BCUT2D eigenvalue weighted by molar-refractivity contribution is 7.04. The van der Waals surface area contributed by atoms with Crippen LogP contribution in [0.5, 0.6) is 0 Å². The molecule has 0 bridgehead atoms. The summed E-state index contributed by atoms with van der Waals surface area (Å²) >= 11 is 0. The Kier molecular flexibility index (Phi) is 1.63. The molecule has 3 nitrogen and oxygen atoms in total. The molecule has 4 heteroatoms. The number of imidazole rings is 1. The molecule has 0 fully saturated rings. The van der Waals surface area contributed by atoms with Crippen LogP contribution in [0.4, 0.5) is 5.95 Å². The average Bonchev–Trinajstić information content (AvgIpc) is 2.12. The second-order valence-electron chi connectivity index (χ2n) is 1.93. The standard InChI is InChI=1S/C5H9N3P/c1-7-3-4-8(2)5(7)6-9/h3-4,9H,1-2H3/q+1. The van der Waals surface area contributed by atoms with Gasteiger partial charge in [0.15, 0.2) is 0 Å². The van der Waals surface area contributed by atoms with E-state index in [2.05, 4.69) is 13.8 Å². The smallest absolute Gasteiger partial charge is 0.235 e. The van der Waals surface area contributed by atoms with E-state index in [-0.39, 0.29) is 0 Å². The number of nitrogens with zero attached hydrogens (tertiary/aromatic N) is 3. The molecule has 0 aromatic carbocycles. The Balaban J connectivity index is 3.22. The van der Waals surface area contributed by atoms with Crippen molar-refractivity contribution in [2.75, 3.05) is 0 Å². The number of hydrogen-bond acceptors (Lipinski definition) is 1. The highest BCUT2D eigenvalue weighted by atomic mass is 31.0. The lowest BCUT2D eigenvalue weighted by atomic mass is 10.9. The molecule has 9 heavy (non-hydrogen) atoms. The first kappa shape index (κ1) is 6.43. The minimum atomic E-state index is 0.895. The number of aryl methyl sites for hydroxylation is 2. The van der Waals surface area contributed by atoms with Gasteiger partial charge in [0, 0.05) is 0 Å². The van der Waals surface area contributed by atoms with Gasteiger partial charge < -0.3 is 0 Å². The molecule has 0 N–H and O–H groups in total. The highest BCUT2D eigenvalue weighted by Gasteiger charge is 2.06. The Morgan fingerprint density at radius 3 is 2.67 bits per heavy atom. The molecular formula is C5H9N3P+. The first-order chi connectivity index (χ1) is 4.25. The third kappa shape index (κ3) is 1.01. The van der Waals surface area contributed by atoms with Crippen molar-refractivity contribution in [3.05, 3.63) is 12.4 Å². The lowest BCUT2D eigenvalue weighted by Gasteiger charge is -1.84. The van der Waals surface area contributed by atoms with Crippen LogP contribution in [-0.4, -0.2) is 4.57 Å². The lowest BCUT2D eigenvalue weighted by molar-refractivity contribution is -0.657. The van der Waals surface area contributed by atoms with Crippen LogP contribution in [0.3, 0.4) is 0 Å². The maximum atomic E-state index is 3.86. The van der Waals surface area contributed by atoms with Gasteiger partial charge in [0.05, 0.1) is 35.5 Å². The Labute approximate surface area is 56.2 Å². The van der Waals surface area contributed by atoms with Crippen LogP contribution in [0, 0.1) is 0 Å². The van der Waals surface area contributed by atoms with E-state index in [4.69, 9.17) is 0 Å². The van der Waals surface area contributed by atoms with E-state index in [1.165, 1.54) is 0 Å². The van der Waals surface area contributed by atoms with E-state index < -0.39 is 0 Å². The van der Waals surface area contributed by atoms with Gasteiger partial charge in [-0.05, 0) is 0 Å². The second kappa shape index (κ2) is 2.28. The fourth-order valence-corrected chi connectivity index (χ4v) is 1.06. The molecule has 0 atom stereocenters. The fraction of sp³-hybridized carbons (Fsp3) is 0.400. The van der Waals surface area contributed by atoms with E-state index in [0.29, 0.717) is 0 Å². The molecule has 1 aromatic heterocycles. The van der Waals surface area contributed by atoms with E-state index >= 15 is 0 Å². The van der Waals surface area contributed by atoms with Crippen molar-refractivity contribution in [2.45, 2.75) is 0 Å². The molecular weight excluding hydrogens is 133 g/mol. The molecule has 0 amide bonds. The topological polar surface area (TPSA) is 21.2 Å². The zero-order valence-corrected chi connectivity index (χ0v) is 6.50. The summed E-state index contributed by atoms with van der Waals surface area (Å²) in [6, 6.07) is 0. The maximum absolute atomic E-state index is 3.86. The zero-order valence-electron chi connectivity index (χ0n) is 5.50.